The number of nitrogens with one attached hydrogen (secondary N) is 3. The van der Waals surface area contributed by atoms with Crippen LogP contribution in [0.15, 0.2) is 0 Å². The van der Waals surface area contributed by atoms with Gasteiger partial charge in [0.25, 0.3) is 5.91 Å². The molecule has 1 aliphatic heterocycles. The van der Waals surface area contributed by atoms with Crippen molar-refractivity contribution in [3.63, 3.8) is 0 Å². The summed E-state index contributed by atoms with van der Waals surface area (Å²) >= 11 is 5.75. The number of anilines is 2. The third kappa shape index (κ3) is 5.93. The second-order valence-corrected chi connectivity index (χ2v) is 6.41. The molecule has 1 aliphatic rings. The number of nitrogen functional groups attached to an aromatic ring is 2. The molecule has 7 N–H and O–H groups in total. The third-order valence-electron chi connectivity index (χ3n) is 4.15. The lowest BCUT2D eigenvalue weighted by Crippen LogP contribution is -2.49. The average molecular weight is 399 g/mol. The molecule has 1 fully saturated rings. The highest BCUT2D eigenvalue weighted by Gasteiger charge is 2.22. The third-order valence-corrected chi connectivity index (χ3v) is 4.43. The lowest BCUT2D eigenvalue weighted by molar-refractivity contribution is -0.141. The number of methoxy groups -OCH3 is 1. The number of piperidine rings is 1. The maximum atomic E-state index is 12.2. The SMILES string of the molecule is COC(=O)CCN1CCC(NC(=N)NC(=O)c2nc(Cl)c(N)nc2N)CC1. The molecule has 0 radical (unpaired) electrons. The Kier molecular flexibility index (Phi) is 7.13. The second-order valence-electron chi connectivity index (χ2n) is 6.05. The number of aromatic nitrogens is 2. The number of nitrogens with two attached hydrogens (primary N) is 2. The Labute approximate surface area is 161 Å². The predicted molar refractivity (Wildman–Crippen MR) is 100 cm³/mol. The molecule has 2 heterocycles. The minimum atomic E-state index is -0.699. The van der Waals surface area contributed by atoms with E-state index in [0.29, 0.717) is 13.0 Å². The second kappa shape index (κ2) is 9.33. The van der Waals surface area contributed by atoms with Gasteiger partial charge in [0.15, 0.2) is 28.4 Å². The average Bonchev–Trinajstić information content (AvgIpc) is 2.63. The van der Waals surface area contributed by atoms with Crippen LogP contribution < -0.4 is 22.1 Å². The first-order chi connectivity index (χ1) is 12.8. The molecule has 27 heavy (non-hydrogen) atoms. The molecule has 0 spiro atoms. The van der Waals surface area contributed by atoms with E-state index in [1.54, 1.807) is 0 Å². The summed E-state index contributed by atoms with van der Waals surface area (Å²) in [5, 5.41) is 13.1. The van der Waals surface area contributed by atoms with Crippen LogP contribution in [-0.4, -0.2) is 65.5 Å². The summed E-state index contributed by atoms with van der Waals surface area (Å²) in [4.78, 5) is 33.1. The van der Waals surface area contributed by atoms with Gasteiger partial charge in [-0.25, -0.2) is 9.97 Å². The van der Waals surface area contributed by atoms with Gasteiger partial charge in [0.2, 0.25) is 0 Å². The molecule has 11 nitrogen and oxygen atoms in total. The summed E-state index contributed by atoms with van der Waals surface area (Å²) in [6.45, 7) is 2.20. The zero-order valence-electron chi connectivity index (χ0n) is 14.9. The van der Waals surface area contributed by atoms with Crippen molar-refractivity contribution in [3.05, 3.63) is 10.8 Å². The Morgan fingerprint density at radius 1 is 1.30 bits per heavy atom. The lowest BCUT2D eigenvalue weighted by Gasteiger charge is -2.32. The van der Waals surface area contributed by atoms with Gasteiger partial charge in [0.05, 0.1) is 13.5 Å². The first-order valence-corrected chi connectivity index (χ1v) is 8.72. The number of hydrogen-bond acceptors (Lipinski definition) is 9. The van der Waals surface area contributed by atoms with Gasteiger partial charge in [-0.1, -0.05) is 11.6 Å². The van der Waals surface area contributed by atoms with Crippen LogP contribution in [0.3, 0.4) is 0 Å². The minimum absolute atomic E-state index is 0.0330. The topological polar surface area (TPSA) is 172 Å². The van der Waals surface area contributed by atoms with E-state index in [4.69, 9.17) is 28.5 Å². The fourth-order valence-electron chi connectivity index (χ4n) is 2.67. The van der Waals surface area contributed by atoms with E-state index in [1.807, 2.05) is 0 Å². The van der Waals surface area contributed by atoms with Crippen molar-refractivity contribution in [2.24, 2.45) is 0 Å². The van der Waals surface area contributed by atoms with Gasteiger partial charge in [0, 0.05) is 25.7 Å². The fourth-order valence-corrected chi connectivity index (χ4v) is 2.80. The highest BCUT2D eigenvalue weighted by molar-refractivity contribution is 6.31. The Morgan fingerprint density at radius 3 is 2.59 bits per heavy atom. The summed E-state index contributed by atoms with van der Waals surface area (Å²) < 4.78 is 4.63. The highest BCUT2D eigenvalue weighted by Crippen LogP contribution is 2.17. The molecule has 0 aliphatic carbocycles. The number of guanidine groups is 1. The summed E-state index contributed by atoms with van der Waals surface area (Å²) in [6, 6.07) is 0.0330. The van der Waals surface area contributed by atoms with Gasteiger partial charge < -0.3 is 26.4 Å². The van der Waals surface area contributed by atoms with E-state index in [0.717, 1.165) is 25.9 Å². The highest BCUT2D eigenvalue weighted by atomic mass is 35.5. The molecule has 0 unspecified atom stereocenters. The quantitative estimate of drug-likeness (QED) is 0.250. The minimum Gasteiger partial charge on any atom is -0.469 e. The molecule has 1 aromatic rings. The smallest absolute Gasteiger partial charge is 0.306 e. The van der Waals surface area contributed by atoms with Crippen LogP contribution in [0.1, 0.15) is 29.8 Å². The Balaban J connectivity index is 1.79. The summed E-state index contributed by atoms with van der Waals surface area (Å²) in [7, 11) is 1.37. The first-order valence-electron chi connectivity index (χ1n) is 8.34. The summed E-state index contributed by atoms with van der Waals surface area (Å²) in [6.07, 6.45) is 1.90. The van der Waals surface area contributed by atoms with Crippen molar-refractivity contribution in [2.45, 2.75) is 25.3 Å². The zero-order chi connectivity index (χ0) is 20.0. The fraction of sp³-hybridized carbons (Fsp3) is 0.533. The van der Waals surface area contributed by atoms with E-state index < -0.39 is 5.91 Å². The van der Waals surface area contributed by atoms with Gasteiger partial charge in [-0.15, -0.1) is 0 Å². The Morgan fingerprint density at radius 2 is 1.96 bits per heavy atom. The maximum absolute atomic E-state index is 12.2. The summed E-state index contributed by atoms with van der Waals surface area (Å²) in [5.74, 6) is -1.33. The molecule has 1 amide bonds. The number of nitrogens with zero attached hydrogens (tertiary/aromatic N) is 3. The number of rotatable bonds is 5. The van der Waals surface area contributed by atoms with Crippen molar-refractivity contribution in [2.75, 3.05) is 38.2 Å². The number of ether oxygens (including phenoxy) is 1. The largest absolute Gasteiger partial charge is 0.469 e. The standard InChI is InChI=1S/C15H23ClN8O3/c1-27-9(25)4-7-24-5-2-8(3-6-24)20-15(19)23-14(26)10-12(17)22-13(18)11(16)21-10/h8H,2-7H2,1H3,(H4,17,18,22)(H3,19,20,23,26). The number of likely N-dealkylation sites (tertiary alicyclic amines) is 1. The van der Waals surface area contributed by atoms with Crippen LogP contribution in [0.25, 0.3) is 0 Å². The number of esters is 1. The molecule has 0 saturated carbocycles. The Hall–Kier alpha value is -2.66. The molecule has 2 rings (SSSR count). The Bertz CT molecular complexity index is 721. The molecule has 0 atom stereocenters. The molecule has 0 aromatic carbocycles. The van der Waals surface area contributed by atoms with Gasteiger partial charge in [-0.05, 0) is 12.8 Å². The van der Waals surface area contributed by atoms with Crippen molar-refractivity contribution in [3.8, 4) is 0 Å². The van der Waals surface area contributed by atoms with Crippen LogP contribution in [0.5, 0.6) is 0 Å². The van der Waals surface area contributed by atoms with E-state index in [-0.39, 0.29) is 40.5 Å². The summed E-state index contributed by atoms with van der Waals surface area (Å²) in [5.41, 5.74) is 10.9. The molecule has 1 aromatic heterocycles. The molecule has 0 bridgehead atoms. The molecule has 1 saturated heterocycles. The van der Waals surface area contributed by atoms with Crippen molar-refractivity contribution in [1.82, 2.24) is 25.5 Å². The van der Waals surface area contributed by atoms with Gasteiger partial charge in [0.1, 0.15) is 0 Å². The lowest BCUT2D eigenvalue weighted by atomic mass is 10.1. The van der Waals surface area contributed by atoms with Crippen molar-refractivity contribution >= 4 is 41.1 Å². The normalized spacial score (nSPS) is 15.2. The van der Waals surface area contributed by atoms with Crippen LogP contribution in [0.4, 0.5) is 11.6 Å². The number of amides is 1. The number of hydrogen-bond donors (Lipinski definition) is 5. The zero-order valence-corrected chi connectivity index (χ0v) is 15.7. The van der Waals surface area contributed by atoms with Gasteiger partial charge in [-0.2, -0.15) is 0 Å². The number of carbonyl (C=O) groups excluding carboxylic acids is 2. The first kappa shape index (κ1) is 20.6. The van der Waals surface area contributed by atoms with Crippen molar-refractivity contribution in [1.29, 1.82) is 5.41 Å². The molecule has 148 valence electrons. The van der Waals surface area contributed by atoms with E-state index >= 15 is 0 Å². The van der Waals surface area contributed by atoms with Crippen molar-refractivity contribution < 1.29 is 14.3 Å². The van der Waals surface area contributed by atoms with Crippen LogP contribution in [-0.2, 0) is 9.53 Å². The molecular formula is C15H23ClN8O3. The number of carbonyl (C=O) groups is 2. The van der Waals surface area contributed by atoms with Crippen LogP contribution in [0, 0.1) is 5.41 Å². The van der Waals surface area contributed by atoms with E-state index in [2.05, 4.69) is 30.2 Å². The van der Waals surface area contributed by atoms with Gasteiger partial charge >= 0.3 is 5.97 Å². The number of halogens is 1. The van der Waals surface area contributed by atoms with E-state index in [9.17, 15) is 9.59 Å². The monoisotopic (exact) mass is 398 g/mol. The van der Waals surface area contributed by atoms with E-state index in [1.165, 1.54) is 7.11 Å². The molecule has 12 heteroatoms. The maximum Gasteiger partial charge on any atom is 0.306 e. The predicted octanol–water partition coefficient (Wildman–Crippen LogP) is -0.424. The van der Waals surface area contributed by atoms with Gasteiger partial charge in [-0.3, -0.25) is 20.3 Å². The van der Waals surface area contributed by atoms with Crippen LogP contribution in [0.2, 0.25) is 5.15 Å². The van der Waals surface area contributed by atoms with Crippen LogP contribution >= 0.6 is 11.6 Å². The molecular weight excluding hydrogens is 376 g/mol.